The number of nitrogen functional groups attached to an aromatic ring is 1. The number of anilines is 1. The Hall–Kier alpha value is -1.34. The molecule has 0 aromatic carbocycles. The van der Waals surface area contributed by atoms with Crippen molar-refractivity contribution in [1.29, 1.82) is 0 Å². The predicted molar refractivity (Wildman–Crippen MR) is 84.2 cm³/mol. The lowest BCUT2D eigenvalue weighted by Crippen LogP contribution is -2.47. The highest BCUT2D eigenvalue weighted by Crippen LogP contribution is 2.33. The summed E-state index contributed by atoms with van der Waals surface area (Å²) in [6, 6.07) is 0.215. The molecule has 5 nitrogen and oxygen atoms in total. The van der Waals surface area contributed by atoms with Gasteiger partial charge in [-0.3, -0.25) is 4.79 Å². The lowest BCUT2D eigenvalue weighted by atomic mass is 10.2. The van der Waals surface area contributed by atoms with E-state index in [2.05, 4.69) is 23.8 Å². The highest BCUT2D eigenvalue weighted by Gasteiger charge is 2.31. The van der Waals surface area contributed by atoms with Crippen LogP contribution in [0.25, 0.3) is 10.3 Å². The number of hydrogen-bond acceptors (Lipinski definition) is 6. The van der Waals surface area contributed by atoms with Gasteiger partial charge in [-0.2, -0.15) is 11.8 Å². The number of hydrogen-bond donors (Lipinski definition) is 1. The molecule has 0 saturated carbocycles. The van der Waals surface area contributed by atoms with Gasteiger partial charge in [-0.15, -0.1) is 11.3 Å². The van der Waals surface area contributed by atoms with Crippen LogP contribution >= 0.6 is 23.1 Å². The van der Waals surface area contributed by atoms with Gasteiger partial charge in [-0.1, -0.05) is 6.92 Å². The normalized spacial score (nSPS) is 23.2. The molecule has 2 aromatic rings. The topological polar surface area (TPSA) is 72.1 Å². The Morgan fingerprint density at radius 3 is 2.90 bits per heavy atom. The summed E-state index contributed by atoms with van der Waals surface area (Å²) in [7, 11) is 0. The molecule has 1 saturated heterocycles. The summed E-state index contributed by atoms with van der Waals surface area (Å²) in [6.07, 6.45) is 3.22. The number of carbonyl (C=O) groups excluding carboxylic acids is 1. The van der Waals surface area contributed by atoms with Crippen LogP contribution in [0.5, 0.6) is 0 Å². The van der Waals surface area contributed by atoms with Crippen LogP contribution < -0.4 is 5.73 Å². The van der Waals surface area contributed by atoms with Gasteiger partial charge in [0.15, 0.2) is 0 Å². The minimum Gasteiger partial charge on any atom is -0.396 e. The van der Waals surface area contributed by atoms with Crippen molar-refractivity contribution in [2.75, 3.05) is 18.0 Å². The second kappa shape index (κ2) is 5.21. The van der Waals surface area contributed by atoms with Crippen molar-refractivity contribution in [3.8, 4) is 0 Å². The van der Waals surface area contributed by atoms with Gasteiger partial charge in [0.25, 0.3) is 5.91 Å². The minimum atomic E-state index is 0.00644. The Kier molecular flexibility index (Phi) is 3.55. The van der Waals surface area contributed by atoms with E-state index in [0.29, 0.717) is 21.3 Å². The molecule has 1 aliphatic heterocycles. The van der Waals surface area contributed by atoms with E-state index in [1.165, 1.54) is 11.3 Å². The maximum atomic E-state index is 12.7. The molecule has 2 unspecified atom stereocenters. The zero-order valence-corrected chi connectivity index (χ0v) is 13.0. The molecule has 106 valence electrons. The van der Waals surface area contributed by atoms with Crippen LogP contribution in [0.1, 0.15) is 23.5 Å². The third-order valence-electron chi connectivity index (χ3n) is 3.70. The summed E-state index contributed by atoms with van der Waals surface area (Å²) >= 11 is 3.24. The average Bonchev–Trinajstić information content (AvgIpc) is 2.79. The molecule has 1 amide bonds. The van der Waals surface area contributed by atoms with Gasteiger partial charge in [0.1, 0.15) is 15.2 Å². The number of carbonyl (C=O) groups is 1. The molecule has 2 N–H and O–H groups in total. The van der Waals surface area contributed by atoms with Crippen LogP contribution in [0, 0.1) is 0 Å². The van der Waals surface area contributed by atoms with Crippen LogP contribution in [-0.2, 0) is 0 Å². The van der Waals surface area contributed by atoms with Crippen molar-refractivity contribution in [3.05, 3.63) is 17.3 Å². The van der Waals surface area contributed by atoms with E-state index in [9.17, 15) is 4.79 Å². The molecule has 0 bridgehead atoms. The number of rotatable bonds is 1. The van der Waals surface area contributed by atoms with Gasteiger partial charge in [0.2, 0.25) is 0 Å². The highest BCUT2D eigenvalue weighted by molar-refractivity contribution is 8.00. The van der Waals surface area contributed by atoms with Crippen molar-refractivity contribution in [2.24, 2.45) is 0 Å². The van der Waals surface area contributed by atoms with Crippen LogP contribution in [-0.4, -0.2) is 44.4 Å². The summed E-state index contributed by atoms with van der Waals surface area (Å²) in [5.41, 5.74) is 7.17. The Morgan fingerprint density at radius 1 is 1.40 bits per heavy atom. The molecule has 0 aliphatic carbocycles. The largest absolute Gasteiger partial charge is 0.396 e. The molecule has 1 fully saturated rings. The number of amides is 1. The van der Waals surface area contributed by atoms with E-state index in [4.69, 9.17) is 5.73 Å². The van der Waals surface area contributed by atoms with E-state index in [-0.39, 0.29) is 11.9 Å². The summed E-state index contributed by atoms with van der Waals surface area (Å²) < 4.78 is 0. The van der Waals surface area contributed by atoms with Crippen molar-refractivity contribution in [2.45, 2.75) is 25.1 Å². The van der Waals surface area contributed by atoms with Crippen molar-refractivity contribution < 1.29 is 4.79 Å². The average molecular weight is 308 g/mol. The number of thioether (sulfide) groups is 1. The quantitative estimate of drug-likeness (QED) is 0.874. The Balaban J connectivity index is 1.98. The van der Waals surface area contributed by atoms with E-state index < -0.39 is 0 Å². The first kappa shape index (κ1) is 13.6. The molecule has 2 atom stereocenters. The fourth-order valence-electron chi connectivity index (χ4n) is 2.35. The van der Waals surface area contributed by atoms with Crippen molar-refractivity contribution in [3.63, 3.8) is 0 Å². The third-order valence-corrected chi connectivity index (χ3v) is 6.13. The molecule has 7 heteroatoms. The van der Waals surface area contributed by atoms with Gasteiger partial charge >= 0.3 is 0 Å². The molecule has 3 heterocycles. The van der Waals surface area contributed by atoms with E-state index >= 15 is 0 Å². The second-order valence-corrected chi connectivity index (χ2v) is 7.35. The van der Waals surface area contributed by atoms with Crippen LogP contribution in [0.4, 0.5) is 5.69 Å². The Labute approximate surface area is 125 Å². The Bertz CT molecular complexity index is 657. The van der Waals surface area contributed by atoms with Crippen molar-refractivity contribution in [1.82, 2.24) is 14.9 Å². The molecule has 3 rings (SSSR count). The van der Waals surface area contributed by atoms with Gasteiger partial charge in [0, 0.05) is 36.0 Å². The lowest BCUT2D eigenvalue weighted by molar-refractivity contribution is 0.0704. The lowest BCUT2D eigenvalue weighted by Gasteiger charge is -2.37. The molecular weight excluding hydrogens is 292 g/mol. The van der Waals surface area contributed by atoms with E-state index in [0.717, 1.165) is 17.1 Å². The molecule has 0 radical (unpaired) electrons. The molecule has 0 spiro atoms. The second-order valence-electron chi connectivity index (χ2n) is 4.87. The predicted octanol–water partition coefficient (Wildman–Crippen LogP) is 2.24. The molecular formula is C13H16N4OS2. The number of nitrogens with two attached hydrogens (primary N) is 1. The molecule has 1 aliphatic rings. The SMILES string of the molecule is CC1SCCN(C(=O)c2sc3nccnc3c2N)C1C. The van der Waals surface area contributed by atoms with Gasteiger partial charge in [-0.25, -0.2) is 9.97 Å². The highest BCUT2D eigenvalue weighted by atomic mass is 32.2. The smallest absolute Gasteiger partial charge is 0.266 e. The fraction of sp³-hybridized carbons (Fsp3) is 0.462. The van der Waals surface area contributed by atoms with Crippen molar-refractivity contribution >= 4 is 45.0 Å². The standard InChI is InChI=1S/C13H16N4OS2/c1-7-8(2)19-6-5-17(7)13(18)11-9(14)10-12(20-11)16-4-3-15-10/h3-4,7-8H,5-6,14H2,1-2H3. The summed E-state index contributed by atoms with van der Waals surface area (Å²) in [4.78, 5) is 24.4. The fourth-order valence-corrected chi connectivity index (χ4v) is 4.43. The molecule has 20 heavy (non-hydrogen) atoms. The molecule has 2 aromatic heterocycles. The Morgan fingerprint density at radius 2 is 2.15 bits per heavy atom. The first-order chi connectivity index (χ1) is 9.59. The van der Waals surface area contributed by atoms with Gasteiger partial charge < -0.3 is 10.6 Å². The number of nitrogens with zero attached hydrogens (tertiary/aromatic N) is 3. The first-order valence-electron chi connectivity index (χ1n) is 6.51. The number of thiophene rings is 1. The number of aromatic nitrogens is 2. The zero-order valence-electron chi connectivity index (χ0n) is 11.4. The monoisotopic (exact) mass is 308 g/mol. The maximum absolute atomic E-state index is 12.7. The van der Waals surface area contributed by atoms with Crippen LogP contribution in [0.2, 0.25) is 0 Å². The zero-order chi connectivity index (χ0) is 14.3. The van der Waals surface area contributed by atoms with Crippen LogP contribution in [0.3, 0.4) is 0 Å². The van der Waals surface area contributed by atoms with Gasteiger partial charge in [-0.05, 0) is 6.92 Å². The van der Waals surface area contributed by atoms with E-state index in [1.807, 2.05) is 16.7 Å². The maximum Gasteiger partial charge on any atom is 0.266 e. The minimum absolute atomic E-state index is 0.00644. The summed E-state index contributed by atoms with van der Waals surface area (Å²) in [6.45, 7) is 5.02. The van der Waals surface area contributed by atoms with E-state index in [1.54, 1.807) is 12.4 Å². The summed E-state index contributed by atoms with van der Waals surface area (Å²) in [5.74, 6) is 0.977. The van der Waals surface area contributed by atoms with Crippen LogP contribution in [0.15, 0.2) is 12.4 Å². The number of fused-ring (bicyclic) bond motifs is 1. The third kappa shape index (κ3) is 2.14. The summed E-state index contributed by atoms with van der Waals surface area (Å²) in [5, 5.41) is 0.444. The van der Waals surface area contributed by atoms with Gasteiger partial charge in [0.05, 0.1) is 5.69 Å². The first-order valence-corrected chi connectivity index (χ1v) is 8.37.